The third-order valence-electron chi connectivity index (χ3n) is 2.95. The molecule has 1 heterocycles. The minimum absolute atomic E-state index is 0.445. The van der Waals surface area contributed by atoms with Crippen LogP contribution in [0.15, 0.2) is 28.7 Å². The molecule has 1 N–H and O–H groups in total. The summed E-state index contributed by atoms with van der Waals surface area (Å²) >= 11 is 3.53. The van der Waals surface area contributed by atoms with Gasteiger partial charge in [0, 0.05) is 27.8 Å². The fraction of sp³-hybridized carbons (Fsp3) is 0.400. The molecule has 18 heavy (non-hydrogen) atoms. The van der Waals surface area contributed by atoms with Crippen molar-refractivity contribution in [3.63, 3.8) is 0 Å². The SMILES string of the molecule is CCCNc1cc(C(C)C)nc2ccc(Br)cc12. The van der Waals surface area contributed by atoms with Crippen LogP contribution in [0.4, 0.5) is 5.69 Å². The third-order valence-corrected chi connectivity index (χ3v) is 3.44. The van der Waals surface area contributed by atoms with Crippen LogP contribution in [0, 0.1) is 0 Å². The number of rotatable bonds is 4. The highest BCUT2D eigenvalue weighted by molar-refractivity contribution is 9.10. The van der Waals surface area contributed by atoms with Crippen LogP contribution >= 0.6 is 15.9 Å². The van der Waals surface area contributed by atoms with E-state index in [-0.39, 0.29) is 0 Å². The van der Waals surface area contributed by atoms with Gasteiger partial charge in [-0.05, 0) is 36.6 Å². The van der Waals surface area contributed by atoms with Gasteiger partial charge < -0.3 is 5.32 Å². The van der Waals surface area contributed by atoms with Gasteiger partial charge in [0.1, 0.15) is 0 Å². The molecule has 96 valence electrons. The molecule has 2 aromatic rings. The standard InChI is InChI=1S/C15H19BrN2/c1-4-7-17-15-9-14(10(2)3)18-13-6-5-11(16)8-12(13)15/h5-6,8-10H,4,7H2,1-3H3,(H,17,18). The van der Waals surface area contributed by atoms with Gasteiger partial charge in [-0.2, -0.15) is 0 Å². The van der Waals surface area contributed by atoms with Gasteiger partial charge in [-0.3, -0.25) is 4.98 Å². The van der Waals surface area contributed by atoms with Crippen LogP contribution in [0.3, 0.4) is 0 Å². The summed E-state index contributed by atoms with van der Waals surface area (Å²) in [5.41, 5.74) is 3.39. The molecule has 3 heteroatoms. The molecule has 2 rings (SSSR count). The molecule has 0 amide bonds. The lowest BCUT2D eigenvalue weighted by Gasteiger charge is -2.13. The van der Waals surface area contributed by atoms with E-state index >= 15 is 0 Å². The average molecular weight is 307 g/mol. The summed E-state index contributed by atoms with van der Waals surface area (Å²) in [6.45, 7) is 7.52. The topological polar surface area (TPSA) is 24.9 Å². The number of aromatic nitrogens is 1. The van der Waals surface area contributed by atoms with E-state index in [4.69, 9.17) is 4.98 Å². The Morgan fingerprint density at radius 3 is 2.72 bits per heavy atom. The van der Waals surface area contributed by atoms with Gasteiger partial charge in [0.05, 0.1) is 5.52 Å². The summed E-state index contributed by atoms with van der Waals surface area (Å²) in [7, 11) is 0. The Morgan fingerprint density at radius 2 is 2.06 bits per heavy atom. The van der Waals surface area contributed by atoms with Gasteiger partial charge in [-0.15, -0.1) is 0 Å². The van der Waals surface area contributed by atoms with Gasteiger partial charge in [-0.25, -0.2) is 0 Å². The maximum atomic E-state index is 4.72. The Hall–Kier alpha value is -1.09. The Labute approximate surface area is 117 Å². The smallest absolute Gasteiger partial charge is 0.0726 e. The van der Waals surface area contributed by atoms with Gasteiger partial charge in [0.2, 0.25) is 0 Å². The zero-order chi connectivity index (χ0) is 13.1. The maximum absolute atomic E-state index is 4.72. The summed E-state index contributed by atoms with van der Waals surface area (Å²) in [6, 6.07) is 8.42. The van der Waals surface area contributed by atoms with Crippen LogP contribution in [0.5, 0.6) is 0 Å². The monoisotopic (exact) mass is 306 g/mol. The van der Waals surface area contributed by atoms with E-state index in [1.807, 2.05) is 6.07 Å². The van der Waals surface area contributed by atoms with Crippen LogP contribution in [-0.2, 0) is 0 Å². The Balaban J connectivity index is 2.57. The quantitative estimate of drug-likeness (QED) is 0.865. The summed E-state index contributed by atoms with van der Waals surface area (Å²) < 4.78 is 1.09. The number of pyridine rings is 1. The van der Waals surface area contributed by atoms with Crippen LogP contribution < -0.4 is 5.32 Å². The first-order chi connectivity index (χ1) is 8.61. The first-order valence-electron chi connectivity index (χ1n) is 6.46. The highest BCUT2D eigenvalue weighted by Gasteiger charge is 2.08. The molecular weight excluding hydrogens is 288 g/mol. The van der Waals surface area contributed by atoms with Gasteiger partial charge in [-0.1, -0.05) is 36.7 Å². The molecule has 2 nitrogen and oxygen atoms in total. The second kappa shape index (κ2) is 5.70. The normalized spacial score (nSPS) is 11.2. The zero-order valence-electron chi connectivity index (χ0n) is 11.1. The lowest BCUT2D eigenvalue weighted by atomic mass is 10.1. The van der Waals surface area contributed by atoms with E-state index in [0.29, 0.717) is 5.92 Å². The lowest BCUT2D eigenvalue weighted by Crippen LogP contribution is -2.03. The van der Waals surface area contributed by atoms with Gasteiger partial charge in [0.15, 0.2) is 0 Å². The van der Waals surface area contributed by atoms with Crippen molar-refractivity contribution in [3.05, 3.63) is 34.4 Å². The van der Waals surface area contributed by atoms with E-state index in [0.717, 1.165) is 28.6 Å². The largest absolute Gasteiger partial charge is 0.384 e. The molecule has 0 fully saturated rings. The van der Waals surface area contributed by atoms with Gasteiger partial charge >= 0.3 is 0 Å². The highest BCUT2D eigenvalue weighted by Crippen LogP contribution is 2.28. The van der Waals surface area contributed by atoms with Crippen LogP contribution in [0.1, 0.15) is 38.8 Å². The van der Waals surface area contributed by atoms with Crippen molar-refractivity contribution < 1.29 is 0 Å². The Morgan fingerprint density at radius 1 is 1.28 bits per heavy atom. The molecule has 0 spiro atoms. The van der Waals surface area contributed by atoms with Crippen molar-refractivity contribution in [2.75, 3.05) is 11.9 Å². The molecule has 0 bridgehead atoms. The van der Waals surface area contributed by atoms with Crippen molar-refractivity contribution >= 4 is 32.5 Å². The summed E-state index contributed by atoms with van der Waals surface area (Å²) in [5, 5.41) is 4.68. The number of fused-ring (bicyclic) bond motifs is 1. The molecule has 0 unspecified atom stereocenters. The molecule has 0 aliphatic carbocycles. The molecule has 0 saturated carbocycles. The highest BCUT2D eigenvalue weighted by atomic mass is 79.9. The zero-order valence-corrected chi connectivity index (χ0v) is 12.7. The van der Waals surface area contributed by atoms with E-state index in [9.17, 15) is 0 Å². The first kappa shape index (κ1) is 13.3. The summed E-state index contributed by atoms with van der Waals surface area (Å²) in [6.07, 6.45) is 1.12. The number of nitrogens with zero attached hydrogens (tertiary/aromatic N) is 1. The second-order valence-corrected chi connectivity index (χ2v) is 5.75. The van der Waals surface area contributed by atoms with E-state index < -0.39 is 0 Å². The van der Waals surface area contributed by atoms with Crippen molar-refractivity contribution in [1.82, 2.24) is 4.98 Å². The van der Waals surface area contributed by atoms with E-state index in [2.05, 4.69) is 60.2 Å². The number of anilines is 1. The molecule has 0 aliphatic rings. The van der Waals surface area contributed by atoms with Crippen LogP contribution in [0.25, 0.3) is 10.9 Å². The van der Waals surface area contributed by atoms with Gasteiger partial charge in [0.25, 0.3) is 0 Å². The minimum atomic E-state index is 0.445. The molecular formula is C15H19BrN2. The van der Waals surface area contributed by atoms with Crippen molar-refractivity contribution in [2.24, 2.45) is 0 Å². The fourth-order valence-electron chi connectivity index (χ4n) is 1.92. The lowest BCUT2D eigenvalue weighted by molar-refractivity contribution is 0.829. The molecule has 0 radical (unpaired) electrons. The predicted molar refractivity (Wildman–Crippen MR) is 82.3 cm³/mol. The van der Waals surface area contributed by atoms with E-state index in [1.54, 1.807) is 0 Å². The number of halogens is 1. The Kier molecular flexibility index (Phi) is 4.23. The van der Waals surface area contributed by atoms with Crippen LogP contribution in [-0.4, -0.2) is 11.5 Å². The summed E-state index contributed by atoms with van der Waals surface area (Å²) in [5.74, 6) is 0.445. The fourth-order valence-corrected chi connectivity index (χ4v) is 2.28. The van der Waals surface area contributed by atoms with Crippen molar-refractivity contribution in [3.8, 4) is 0 Å². The minimum Gasteiger partial charge on any atom is -0.384 e. The molecule has 0 aliphatic heterocycles. The molecule has 1 aromatic carbocycles. The van der Waals surface area contributed by atoms with Crippen LogP contribution in [0.2, 0.25) is 0 Å². The van der Waals surface area contributed by atoms with Crippen molar-refractivity contribution in [2.45, 2.75) is 33.1 Å². The number of hydrogen-bond acceptors (Lipinski definition) is 2. The number of nitrogens with one attached hydrogen (secondary N) is 1. The molecule has 0 saturated heterocycles. The first-order valence-corrected chi connectivity index (χ1v) is 7.25. The Bertz CT molecular complexity index is 549. The summed E-state index contributed by atoms with van der Waals surface area (Å²) in [4.78, 5) is 4.72. The van der Waals surface area contributed by atoms with E-state index in [1.165, 1.54) is 11.1 Å². The number of benzene rings is 1. The van der Waals surface area contributed by atoms with Crippen molar-refractivity contribution in [1.29, 1.82) is 0 Å². The molecule has 0 atom stereocenters. The predicted octanol–water partition coefficient (Wildman–Crippen LogP) is 4.94. The molecule has 1 aromatic heterocycles. The second-order valence-electron chi connectivity index (χ2n) is 4.84. The number of hydrogen-bond donors (Lipinski definition) is 1. The third kappa shape index (κ3) is 2.83. The maximum Gasteiger partial charge on any atom is 0.0726 e. The average Bonchev–Trinajstić information content (AvgIpc) is 2.35.